The summed E-state index contributed by atoms with van der Waals surface area (Å²) in [4.78, 5) is 2.60. The van der Waals surface area contributed by atoms with Gasteiger partial charge in [0.1, 0.15) is 5.01 Å². The van der Waals surface area contributed by atoms with Crippen LogP contribution in [0.2, 0.25) is 0 Å². The van der Waals surface area contributed by atoms with Crippen molar-refractivity contribution >= 4 is 22.7 Å². The number of likely N-dealkylation sites (N-methyl/N-ethyl adjacent to an activating group) is 1. The fourth-order valence-corrected chi connectivity index (χ4v) is 3.28. The molecule has 0 spiro atoms. The normalized spacial score (nSPS) is 10.9. The Morgan fingerprint density at radius 2 is 2.06 bits per heavy atom. The molecule has 2 aromatic rings. The summed E-state index contributed by atoms with van der Waals surface area (Å²) in [6.07, 6.45) is 0.956. The Labute approximate surface area is 104 Å². The highest BCUT2D eigenvalue weighted by molar-refractivity contribution is 7.21. The molecule has 0 atom stereocenters. The molecule has 3 nitrogen and oxygen atoms in total. The second-order valence-corrected chi connectivity index (χ2v) is 6.02. The molecule has 2 aromatic heterocycles. The first-order valence-electron chi connectivity index (χ1n) is 5.25. The third-order valence-electron chi connectivity index (χ3n) is 2.43. The van der Waals surface area contributed by atoms with Gasteiger partial charge in [-0.05, 0) is 32.5 Å². The third-order valence-corrected chi connectivity index (χ3v) is 4.74. The van der Waals surface area contributed by atoms with Gasteiger partial charge in [-0.3, -0.25) is 0 Å². The topological polar surface area (TPSA) is 37.8 Å². The highest BCUT2D eigenvalue weighted by Gasteiger charge is 2.09. The van der Waals surface area contributed by atoms with Crippen molar-refractivity contribution in [2.45, 2.75) is 20.3 Å². The van der Waals surface area contributed by atoms with Gasteiger partial charge in [0.15, 0.2) is 5.01 Å². The van der Waals surface area contributed by atoms with Crippen molar-refractivity contribution in [3.8, 4) is 9.88 Å². The minimum absolute atomic E-state index is 0.955. The molecule has 1 N–H and O–H groups in total. The van der Waals surface area contributed by atoms with Crippen molar-refractivity contribution < 1.29 is 0 Å². The average Bonchev–Trinajstić information content (AvgIpc) is 2.84. The van der Waals surface area contributed by atoms with E-state index in [2.05, 4.69) is 35.4 Å². The number of nitrogens with zero attached hydrogens (tertiary/aromatic N) is 2. The van der Waals surface area contributed by atoms with Crippen LogP contribution in [0, 0.1) is 13.8 Å². The first-order chi connectivity index (χ1) is 7.70. The number of hydrogen-bond donors (Lipinski definition) is 1. The van der Waals surface area contributed by atoms with Crippen LogP contribution in [0.3, 0.4) is 0 Å². The van der Waals surface area contributed by atoms with Crippen molar-refractivity contribution in [3.05, 3.63) is 21.5 Å². The Morgan fingerprint density at radius 3 is 2.69 bits per heavy atom. The van der Waals surface area contributed by atoms with Crippen LogP contribution in [0.15, 0.2) is 6.07 Å². The van der Waals surface area contributed by atoms with E-state index in [1.165, 1.54) is 15.3 Å². The molecular formula is C11H15N3S2. The summed E-state index contributed by atoms with van der Waals surface area (Å²) in [6, 6.07) is 2.20. The Bertz CT molecular complexity index is 454. The van der Waals surface area contributed by atoms with Crippen molar-refractivity contribution in [1.82, 2.24) is 15.5 Å². The molecule has 0 aliphatic heterocycles. The molecule has 0 bridgehead atoms. The van der Waals surface area contributed by atoms with E-state index in [0.717, 1.165) is 23.0 Å². The molecule has 0 saturated heterocycles. The number of thiophene rings is 1. The number of rotatable bonds is 4. The van der Waals surface area contributed by atoms with Gasteiger partial charge >= 0.3 is 0 Å². The highest BCUT2D eigenvalue weighted by atomic mass is 32.1. The zero-order chi connectivity index (χ0) is 11.5. The summed E-state index contributed by atoms with van der Waals surface area (Å²) in [6.45, 7) is 5.24. The number of hydrogen-bond acceptors (Lipinski definition) is 5. The number of aryl methyl sites for hydroxylation is 2. The summed E-state index contributed by atoms with van der Waals surface area (Å²) in [5, 5.41) is 13.7. The first-order valence-corrected chi connectivity index (χ1v) is 6.88. The summed E-state index contributed by atoms with van der Waals surface area (Å²) in [5.74, 6) is 0. The second kappa shape index (κ2) is 5.03. The molecule has 0 unspecified atom stereocenters. The second-order valence-electron chi connectivity index (χ2n) is 3.70. The highest BCUT2D eigenvalue weighted by Crippen LogP contribution is 2.32. The van der Waals surface area contributed by atoms with Gasteiger partial charge in [-0.25, -0.2) is 0 Å². The monoisotopic (exact) mass is 253 g/mol. The molecule has 0 saturated carbocycles. The predicted molar refractivity (Wildman–Crippen MR) is 70.3 cm³/mol. The van der Waals surface area contributed by atoms with E-state index in [1.54, 1.807) is 22.7 Å². The Kier molecular flexibility index (Phi) is 3.68. The minimum Gasteiger partial charge on any atom is -0.319 e. The molecule has 0 aliphatic rings. The van der Waals surface area contributed by atoms with E-state index in [4.69, 9.17) is 0 Å². The van der Waals surface area contributed by atoms with E-state index in [1.807, 2.05) is 7.05 Å². The van der Waals surface area contributed by atoms with Crippen molar-refractivity contribution in [1.29, 1.82) is 0 Å². The Morgan fingerprint density at radius 1 is 1.25 bits per heavy atom. The van der Waals surface area contributed by atoms with Crippen LogP contribution in [0.25, 0.3) is 9.88 Å². The minimum atomic E-state index is 0.955. The lowest BCUT2D eigenvalue weighted by molar-refractivity contribution is 0.779. The molecule has 0 radical (unpaired) electrons. The average molecular weight is 253 g/mol. The van der Waals surface area contributed by atoms with Crippen LogP contribution in [-0.2, 0) is 6.42 Å². The maximum Gasteiger partial charge on any atom is 0.157 e. The Balaban J connectivity index is 2.18. The lowest BCUT2D eigenvalue weighted by atomic mass is 10.3. The van der Waals surface area contributed by atoms with Crippen LogP contribution in [-0.4, -0.2) is 23.8 Å². The molecule has 0 fully saturated rings. The van der Waals surface area contributed by atoms with Crippen molar-refractivity contribution in [2.75, 3.05) is 13.6 Å². The lowest BCUT2D eigenvalue weighted by Crippen LogP contribution is -2.09. The summed E-state index contributed by atoms with van der Waals surface area (Å²) >= 11 is 3.49. The maximum absolute atomic E-state index is 4.24. The van der Waals surface area contributed by atoms with Gasteiger partial charge in [-0.2, -0.15) is 0 Å². The fraction of sp³-hybridized carbons (Fsp3) is 0.455. The first kappa shape index (κ1) is 11.7. The van der Waals surface area contributed by atoms with E-state index >= 15 is 0 Å². The van der Waals surface area contributed by atoms with Crippen LogP contribution in [0.5, 0.6) is 0 Å². The molecule has 16 heavy (non-hydrogen) atoms. The zero-order valence-corrected chi connectivity index (χ0v) is 11.3. The van der Waals surface area contributed by atoms with Crippen LogP contribution in [0.1, 0.15) is 15.4 Å². The standard InChI is InChI=1S/C11H15N3S2/c1-7-6-9(15-8(7)2)11-14-13-10(16-11)4-5-12-3/h6,12H,4-5H2,1-3H3. The maximum atomic E-state index is 4.24. The zero-order valence-electron chi connectivity index (χ0n) is 9.70. The van der Waals surface area contributed by atoms with Gasteiger partial charge in [0.2, 0.25) is 0 Å². The summed E-state index contributed by atoms with van der Waals surface area (Å²) in [7, 11) is 1.95. The fourth-order valence-electron chi connectivity index (χ4n) is 1.36. The molecular weight excluding hydrogens is 238 g/mol. The third kappa shape index (κ3) is 2.48. The van der Waals surface area contributed by atoms with Gasteiger partial charge in [0, 0.05) is 17.8 Å². The van der Waals surface area contributed by atoms with Crippen LogP contribution >= 0.6 is 22.7 Å². The lowest BCUT2D eigenvalue weighted by Gasteiger charge is -1.91. The van der Waals surface area contributed by atoms with Gasteiger partial charge < -0.3 is 5.32 Å². The molecule has 5 heteroatoms. The SMILES string of the molecule is CNCCc1nnc(-c2cc(C)c(C)s2)s1. The molecule has 0 amide bonds. The quantitative estimate of drug-likeness (QED) is 0.910. The molecule has 2 heterocycles. The van der Waals surface area contributed by atoms with E-state index in [-0.39, 0.29) is 0 Å². The molecule has 86 valence electrons. The van der Waals surface area contributed by atoms with Gasteiger partial charge in [-0.1, -0.05) is 11.3 Å². The molecule has 0 aromatic carbocycles. The summed E-state index contributed by atoms with van der Waals surface area (Å²) in [5.41, 5.74) is 1.34. The summed E-state index contributed by atoms with van der Waals surface area (Å²) < 4.78 is 0. The van der Waals surface area contributed by atoms with Crippen molar-refractivity contribution in [3.63, 3.8) is 0 Å². The number of aromatic nitrogens is 2. The van der Waals surface area contributed by atoms with Crippen LogP contribution < -0.4 is 5.32 Å². The van der Waals surface area contributed by atoms with Crippen molar-refractivity contribution in [2.24, 2.45) is 0 Å². The Hall–Kier alpha value is -0.780. The van der Waals surface area contributed by atoms with E-state index in [0.29, 0.717) is 0 Å². The largest absolute Gasteiger partial charge is 0.319 e. The smallest absolute Gasteiger partial charge is 0.157 e. The molecule has 2 rings (SSSR count). The van der Waals surface area contributed by atoms with E-state index in [9.17, 15) is 0 Å². The van der Waals surface area contributed by atoms with Gasteiger partial charge in [0.05, 0.1) is 4.88 Å². The van der Waals surface area contributed by atoms with Gasteiger partial charge in [-0.15, -0.1) is 21.5 Å². The molecule has 0 aliphatic carbocycles. The van der Waals surface area contributed by atoms with Gasteiger partial charge in [0.25, 0.3) is 0 Å². The van der Waals surface area contributed by atoms with E-state index < -0.39 is 0 Å². The number of nitrogens with one attached hydrogen (secondary N) is 1. The predicted octanol–water partition coefficient (Wildman–Crippen LogP) is 2.65. The van der Waals surface area contributed by atoms with Crippen LogP contribution in [0.4, 0.5) is 0 Å².